The molecule has 1 aliphatic heterocycles. The first-order valence-corrected chi connectivity index (χ1v) is 8.58. The molecule has 110 valence electrons. The van der Waals surface area contributed by atoms with Gasteiger partial charge < -0.3 is 14.6 Å². The number of hydrogen-bond acceptors (Lipinski definition) is 3. The van der Waals surface area contributed by atoms with Crippen molar-refractivity contribution in [3.8, 4) is 0 Å². The molecule has 1 unspecified atom stereocenters. The van der Waals surface area contributed by atoms with E-state index in [1.165, 1.54) is 12.8 Å². The highest BCUT2D eigenvalue weighted by Crippen LogP contribution is 2.34. The minimum Gasteiger partial charge on any atom is -0.468 e. The highest BCUT2D eigenvalue weighted by atomic mass is 32.2. The summed E-state index contributed by atoms with van der Waals surface area (Å²) in [6, 6.07) is 4.49. The highest BCUT2D eigenvalue weighted by molar-refractivity contribution is 7.99. The molecule has 1 saturated heterocycles. The number of urea groups is 1. The number of nitrogens with one attached hydrogen (secondary N) is 1. The summed E-state index contributed by atoms with van der Waals surface area (Å²) < 4.78 is 5.49. The zero-order valence-electron chi connectivity index (χ0n) is 11.7. The molecule has 2 heterocycles. The Hall–Kier alpha value is -1.10. The summed E-state index contributed by atoms with van der Waals surface area (Å²) in [4.78, 5) is 14.2. The molecular formula is C15H22N2O2S. The molecule has 20 heavy (non-hydrogen) atoms. The van der Waals surface area contributed by atoms with Crippen LogP contribution in [-0.2, 0) is 0 Å². The Morgan fingerprint density at radius 3 is 2.90 bits per heavy atom. The quantitative estimate of drug-likeness (QED) is 0.909. The van der Waals surface area contributed by atoms with Gasteiger partial charge in [-0.15, -0.1) is 11.8 Å². The number of carbonyl (C=O) groups excluding carboxylic acids is 1. The zero-order chi connectivity index (χ0) is 13.8. The van der Waals surface area contributed by atoms with Crippen molar-refractivity contribution in [2.75, 3.05) is 18.8 Å². The third kappa shape index (κ3) is 3.32. The van der Waals surface area contributed by atoms with Gasteiger partial charge in [0.15, 0.2) is 0 Å². The fourth-order valence-electron chi connectivity index (χ4n) is 3.01. The largest absolute Gasteiger partial charge is 0.468 e. The topological polar surface area (TPSA) is 45.5 Å². The molecule has 2 amide bonds. The number of rotatable bonds is 2. The molecule has 0 radical (unpaired) electrons. The molecule has 0 bridgehead atoms. The van der Waals surface area contributed by atoms with E-state index < -0.39 is 0 Å². The molecule has 0 spiro atoms. The molecular weight excluding hydrogens is 272 g/mol. The third-order valence-corrected chi connectivity index (χ3v) is 5.46. The number of amides is 2. The van der Waals surface area contributed by atoms with Gasteiger partial charge in [0.25, 0.3) is 0 Å². The van der Waals surface area contributed by atoms with E-state index in [4.69, 9.17) is 4.42 Å². The summed E-state index contributed by atoms with van der Waals surface area (Å²) in [5, 5.41) is 3.56. The second-order valence-corrected chi connectivity index (χ2v) is 6.89. The lowest BCUT2D eigenvalue weighted by Crippen LogP contribution is -2.44. The van der Waals surface area contributed by atoms with Crippen molar-refractivity contribution in [3.05, 3.63) is 24.2 Å². The molecule has 1 aromatic heterocycles. The zero-order valence-corrected chi connectivity index (χ0v) is 12.5. The van der Waals surface area contributed by atoms with E-state index in [1.54, 1.807) is 6.26 Å². The number of nitrogens with zero attached hydrogens (tertiary/aromatic N) is 1. The Bertz CT molecular complexity index is 429. The molecule has 2 aliphatic rings. The van der Waals surface area contributed by atoms with Crippen molar-refractivity contribution in [3.63, 3.8) is 0 Å². The lowest BCUT2D eigenvalue weighted by Gasteiger charge is -2.23. The van der Waals surface area contributed by atoms with Crippen molar-refractivity contribution in [1.29, 1.82) is 0 Å². The SMILES string of the molecule is O=C(NC1CCCC1)N1CCSC(c2ccco2)CC1. The van der Waals surface area contributed by atoms with Crippen molar-refractivity contribution in [2.24, 2.45) is 0 Å². The van der Waals surface area contributed by atoms with Crippen LogP contribution >= 0.6 is 11.8 Å². The van der Waals surface area contributed by atoms with Crippen molar-refractivity contribution in [1.82, 2.24) is 10.2 Å². The molecule has 4 nitrogen and oxygen atoms in total. The predicted molar refractivity (Wildman–Crippen MR) is 80.9 cm³/mol. The van der Waals surface area contributed by atoms with Gasteiger partial charge in [0.2, 0.25) is 0 Å². The molecule has 3 rings (SSSR count). The van der Waals surface area contributed by atoms with E-state index in [1.807, 2.05) is 28.8 Å². The minimum absolute atomic E-state index is 0.123. The van der Waals surface area contributed by atoms with E-state index in [-0.39, 0.29) is 6.03 Å². The summed E-state index contributed by atoms with van der Waals surface area (Å²) in [6.45, 7) is 1.65. The van der Waals surface area contributed by atoms with Gasteiger partial charge in [-0.3, -0.25) is 0 Å². The smallest absolute Gasteiger partial charge is 0.317 e. The van der Waals surface area contributed by atoms with Crippen molar-refractivity contribution < 1.29 is 9.21 Å². The standard InChI is InChI=1S/C15H22N2O2S/c18-15(16-12-4-1-2-5-12)17-8-7-14(20-11-9-17)13-6-3-10-19-13/h3,6,10,12,14H,1-2,4-5,7-9,11H2,(H,16,18). The third-order valence-electron chi connectivity index (χ3n) is 4.17. The van der Waals surface area contributed by atoms with Gasteiger partial charge in [0, 0.05) is 24.9 Å². The summed E-state index contributed by atoms with van der Waals surface area (Å²) in [6.07, 6.45) is 7.48. The Morgan fingerprint density at radius 1 is 1.30 bits per heavy atom. The number of hydrogen-bond donors (Lipinski definition) is 1. The van der Waals surface area contributed by atoms with Crippen molar-refractivity contribution >= 4 is 17.8 Å². The van der Waals surface area contributed by atoms with E-state index in [0.717, 1.165) is 43.9 Å². The molecule has 5 heteroatoms. The van der Waals surface area contributed by atoms with Gasteiger partial charge >= 0.3 is 6.03 Å². The van der Waals surface area contributed by atoms with Gasteiger partial charge in [-0.1, -0.05) is 12.8 Å². The molecule has 0 aromatic carbocycles. The monoisotopic (exact) mass is 294 g/mol. The lowest BCUT2D eigenvalue weighted by atomic mass is 10.2. The van der Waals surface area contributed by atoms with Crippen LogP contribution < -0.4 is 5.32 Å². The number of furan rings is 1. The Balaban J connectivity index is 1.52. The Labute approximate surface area is 124 Å². The van der Waals surface area contributed by atoms with E-state index in [2.05, 4.69) is 5.32 Å². The Morgan fingerprint density at radius 2 is 2.15 bits per heavy atom. The van der Waals surface area contributed by atoms with Gasteiger partial charge in [-0.25, -0.2) is 4.79 Å². The second kappa shape index (κ2) is 6.57. The average molecular weight is 294 g/mol. The molecule has 1 atom stereocenters. The highest BCUT2D eigenvalue weighted by Gasteiger charge is 2.25. The maximum Gasteiger partial charge on any atom is 0.317 e. The van der Waals surface area contributed by atoms with Crippen LogP contribution in [0.4, 0.5) is 4.79 Å². The first-order valence-electron chi connectivity index (χ1n) is 7.53. The normalized spacial score (nSPS) is 24.6. The summed E-state index contributed by atoms with van der Waals surface area (Å²) in [5.41, 5.74) is 0. The number of carbonyl (C=O) groups is 1. The van der Waals surface area contributed by atoms with Gasteiger partial charge in [-0.05, 0) is 31.4 Å². The molecule has 1 aromatic rings. The second-order valence-electron chi connectivity index (χ2n) is 5.58. The minimum atomic E-state index is 0.123. The van der Waals surface area contributed by atoms with Crippen molar-refractivity contribution in [2.45, 2.75) is 43.4 Å². The number of thioether (sulfide) groups is 1. The van der Waals surface area contributed by atoms with Gasteiger partial charge in [0.05, 0.1) is 11.5 Å². The van der Waals surface area contributed by atoms with Crippen LogP contribution in [0.5, 0.6) is 0 Å². The maximum absolute atomic E-state index is 12.3. The molecule has 1 saturated carbocycles. The first kappa shape index (κ1) is 13.9. The van der Waals surface area contributed by atoms with E-state index in [0.29, 0.717) is 11.3 Å². The predicted octanol–water partition coefficient (Wildman–Crippen LogP) is 3.41. The molecule has 1 N–H and O–H groups in total. The van der Waals surface area contributed by atoms with Gasteiger partial charge in [0.1, 0.15) is 5.76 Å². The van der Waals surface area contributed by atoms with Crippen LogP contribution in [-0.4, -0.2) is 35.8 Å². The van der Waals surface area contributed by atoms with Crippen LogP contribution in [0.1, 0.15) is 43.1 Å². The van der Waals surface area contributed by atoms with Crippen LogP contribution in [0.15, 0.2) is 22.8 Å². The Kier molecular flexibility index (Phi) is 4.55. The van der Waals surface area contributed by atoms with Crippen LogP contribution in [0.2, 0.25) is 0 Å². The fraction of sp³-hybridized carbons (Fsp3) is 0.667. The van der Waals surface area contributed by atoms with Crippen LogP contribution in [0, 0.1) is 0 Å². The molecule has 1 aliphatic carbocycles. The summed E-state index contributed by atoms with van der Waals surface area (Å²) >= 11 is 1.89. The lowest BCUT2D eigenvalue weighted by molar-refractivity contribution is 0.197. The van der Waals surface area contributed by atoms with E-state index >= 15 is 0 Å². The van der Waals surface area contributed by atoms with E-state index in [9.17, 15) is 4.79 Å². The van der Waals surface area contributed by atoms with Crippen LogP contribution in [0.3, 0.4) is 0 Å². The average Bonchev–Trinajstić information content (AvgIpc) is 3.09. The van der Waals surface area contributed by atoms with Gasteiger partial charge in [-0.2, -0.15) is 0 Å². The maximum atomic E-state index is 12.3. The summed E-state index contributed by atoms with van der Waals surface area (Å²) in [5.74, 6) is 2.01. The van der Waals surface area contributed by atoms with Crippen LogP contribution in [0.25, 0.3) is 0 Å². The summed E-state index contributed by atoms with van der Waals surface area (Å²) in [7, 11) is 0. The molecule has 2 fully saturated rings. The first-order chi connectivity index (χ1) is 9.83. The fourth-order valence-corrected chi connectivity index (χ4v) is 4.19.